The van der Waals surface area contributed by atoms with Crippen molar-refractivity contribution >= 4 is 51.0 Å². The monoisotopic (exact) mass is 651 g/mol. The van der Waals surface area contributed by atoms with Gasteiger partial charge in [-0.25, -0.2) is 19.3 Å². The van der Waals surface area contributed by atoms with Gasteiger partial charge in [-0.05, 0) is 57.0 Å². The summed E-state index contributed by atoms with van der Waals surface area (Å²) in [5.74, 6) is 0.296. The van der Waals surface area contributed by atoms with Crippen molar-refractivity contribution in [2.45, 2.75) is 63.9 Å². The Morgan fingerprint density at radius 2 is 1.82 bits per heavy atom. The number of rotatable bonds is 8. The van der Waals surface area contributed by atoms with Crippen LogP contribution in [0.5, 0.6) is 11.5 Å². The number of aromatic nitrogens is 4. The lowest BCUT2D eigenvalue weighted by Crippen LogP contribution is -2.34. The van der Waals surface area contributed by atoms with Crippen LogP contribution in [0.25, 0.3) is 21.9 Å². The Morgan fingerprint density at radius 3 is 2.60 bits per heavy atom. The van der Waals surface area contributed by atoms with E-state index in [1.54, 1.807) is 19.2 Å². The van der Waals surface area contributed by atoms with E-state index in [9.17, 15) is 0 Å². The largest absolute Gasteiger partial charge is 0.497 e. The molecule has 12 heteroatoms. The molecule has 1 aliphatic carbocycles. The van der Waals surface area contributed by atoms with Crippen LogP contribution in [0.1, 0.15) is 38.8 Å². The lowest BCUT2D eigenvalue weighted by Gasteiger charge is -2.27. The molecule has 0 amide bonds. The summed E-state index contributed by atoms with van der Waals surface area (Å²) in [6.45, 7) is 6.28. The predicted octanol–water partition coefficient (Wildman–Crippen LogP) is 7.59. The third kappa shape index (κ3) is 5.65. The van der Waals surface area contributed by atoms with Gasteiger partial charge >= 0.3 is 0 Å². The molecule has 9 nitrogen and oxygen atoms in total. The van der Waals surface area contributed by atoms with E-state index in [1.807, 2.05) is 57.3 Å². The topological polar surface area (TPSA) is 92.6 Å². The SMILES string of the molecule is COc1ccc(CNc2nc3cc(OC(C)C4C[C@@H](n5ccc6c(Cl)ncnc65)[C@@H]5OC(C)(C)O[C@H]45)cc(F)c3cc2Cl)cc1. The van der Waals surface area contributed by atoms with Crippen LogP contribution < -0.4 is 14.8 Å². The smallest absolute Gasteiger partial charge is 0.163 e. The van der Waals surface area contributed by atoms with E-state index in [-0.39, 0.29) is 30.3 Å². The normalized spacial score (nSPS) is 22.9. The van der Waals surface area contributed by atoms with E-state index in [0.717, 1.165) is 22.3 Å². The van der Waals surface area contributed by atoms with Crippen molar-refractivity contribution in [3.8, 4) is 11.5 Å². The van der Waals surface area contributed by atoms with Crippen LogP contribution in [0, 0.1) is 11.7 Å². The van der Waals surface area contributed by atoms with E-state index in [2.05, 4.69) is 24.8 Å². The van der Waals surface area contributed by atoms with E-state index >= 15 is 4.39 Å². The molecule has 2 unspecified atom stereocenters. The maximum absolute atomic E-state index is 15.4. The number of ether oxygens (including phenoxy) is 4. The van der Waals surface area contributed by atoms with E-state index in [1.165, 1.54) is 12.4 Å². The lowest BCUT2D eigenvalue weighted by molar-refractivity contribution is -0.163. The van der Waals surface area contributed by atoms with Crippen LogP contribution in [0.4, 0.5) is 10.2 Å². The zero-order chi connectivity index (χ0) is 31.5. The first-order chi connectivity index (χ1) is 21.6. The zero-order valence-corrected chi connectivity index (χ0v) is 26.6. The number of methoxy groups -OCH3 is 1. The molecule has 2 fully saturated rings. The van der Waals surface area contributed by atoms with E-state index < -0.39 is 11.6 Å². The predicted molar refractivity (Wildman–Crippen MR) is 171 cm³/mol. The van der Waals surface area contributed by atoms with Crippen molar-refractivity contribution in [1.29, 1.82) is 0 Å². The first kappa shape index (κ1) is 30.0. The van der Waals surface area contributed by atoms with Gasteiger partial charge < -0.3 is 28.8 Å². The van der Waals surface area contributed by atoms with E-state index in [4.69, 9.17) is 42.1 Å². The molecule has 5 aromatic rings. The van der Waals surface area contributed by atoms with Gasteiger partial charge in [-0.15, -0.1) is 0 Å². The molecule has 1 saturated carbocycles. The Kier molecular flexibility index (Phi) is 7.72. The molecule has 234 valence electrons. The highest BCUT2D eigenvalue weighted by Crippen LogP contribution is 2.49. The Morgan fingerprint density at radius 1 is 1.04 bits per heavy atom. The van der Waals surface area contributed by atoms with Gasteiger partial charge in [0.2, 0.25) is 0 Å². The molecule has 0 radical (unpaired) electrons. The Bertz CT molecular complexity index is 1890. The summed E-state index contributed by atoms with van der Waals surface area (Å²) in [6, 6.07) is 14.2. The van der Waals surface area contributed by atoms with Crippen LogP contribution in [0.3, 0.4) is 0 Å². The van der Waals surface area contributed by atoms with Gasteiger partial charge in [0.15, 0.2) is 5.79 Å². The highest BCUT2D eigenvalue weighted by atomic mass is 35.5. The minimum Gasteiger partial charge on any atom is -0.497 e. The number of nitrogens with one attached hydrogen (secondary N) is 1. The van der Waals surface area contributed by atoms with Crippen molar-refractivity contribution < 1.29 is 23.3 Å². The summed E-state index contributed by atoms with van der Waals surface area (Å²) in [5, 5.41) is 5.07. The van der Waals surface area contributed by atoms with Crippen LogP contribution in [0.2, 0.25) is 10.2 Å². The molecule has 1 aliphatic heterocycles. The van der Waals surface area contributed by atoms with Gasteiger partial charge in [-0.1, -0.05) is 35.3 Å². The molecular weight excluding hydrogens is 620 g/mol. The second kappa shape index (κ2) is 11.6. The van der Waals surface area contributed by atoms with Crippen molar-refractivity contribution in [2.24, 2.45) is 5.92 Å². The summed E-state index contributed by atoms with van der Waals surface area (Å²) in [7, 11) is 1.63. The fourth-order valence-electron chi connectivity index (χ4n) is 6.54. The highest BCUT2D eigenvalue weighted by molar-refractivity contribution is 6.34. The number of benzene rings is 2. The highest BCUT2D eigenvalue weighted by Gasteiger charge is 2.56. The molecule has 0 bridgehead atoms. The first-order valence-electron chi connectivity index (χ1n) is 14.8. The number of fused-ring (bicyclic) bond motifs is 3. The van der Waals surface area contributed by atoms with Crippen LogP contribution in [-0.4, -0.2) is 50.7 Å². The maximum atomic E-state index is 15.4. The molecule has 5 atom stereocenters. The molecular formula is C33H32Cl2FN5O4. The third-order valence-corrected chi connectivity index (χ3v) is 9.24. The second-order valence-corrected chi connectivity index (χ2v) is 12.7. The van der Waals surface area contributed by atoms with Crippen molar-refractivity contribution in [3.05, 3.63) is 82.6 Å². The maximum Gasteiger partial charge on any atom is 0.163 e. The third-order valence-electron chi connectivity index (χ3n) is 8.65. The van der Waals surface area contributed by atoms with Gasteiger partial charge in [0.05, 0.1) is 35.2 Å². The summed E-state index contributed by atoms with van der Waals surface area (Å²) < 4.78 is 41.9. The molecule has 4 heterocycles. The fraction of sp³-hybridized carbons (Fsp3) is 0.364. The van der Waals surface area contributed by atoms with Crippen LogP contribution in [-0.2, 0) is 16.0 Å². The Hall–Kier alpha value is -3.70. The van der Waals surface area contributed by atoms with Gasteiger partial charge in [0.25, 0.3) is 0 Å². The van der Waals surface area contributed by atoms with Gasteiger partial charge in [-0.2, -0.15) is 0 Å². The summed E-state index contributed by atoms with van der Waals surface area (Å²) >= 11 is 12.8. The molecule has 2 aromatic carbocycles. The summed E-state index contributed by atoms with van der Waals surface area (Å²) in [5.41, 5.74) is 2.18. The van der Waals surface area contributed by atoms with Crippen LogP contribution >= 0.6 is 23.2 Å². The number of hydrogen-bond acceptors (Lipinski definition) is 8. The fourth-order valence-corrected chi connectivity index (χ4v) is 6.95. The zero-order valence-electron chi connectivity index (χ0n) is 25.1. The van der Waals surface area contributed by atoms with Gasteiger partial charge in [-0.3, -0.25) is 0 Å². The summed E-state index contributed by atoms with van der Waals surface area (Å²) in [4.78, 5) is 13.3. The standard InChI is InChI=1S/C33H32Cl2FN5O4/c1-17(22-14-27(29-28(22)44-33(2,3)45-29)41-10-9-21-30(35)38-16-39-32(21)41)43-20-11-25(36)23-13-24(34)31(40-26(23)12-20)37-15-18-5-7-19(42-4)8-6-18/h5-13,16-17,22,27-29H,14-15H2,1-4H3,(H,37,40)/t17?,22?,27-,28-,29+/m1/s1. The van der Waals surface area contributed by atoms with Gasteiger partial charge in [0, 0.05) is 36.2 Å². The quantitative estimate of drug-likeness (QED) is 0.172. The molecule has 3 aromatic heterocycles. The second-order valence-electron chi connectivity index (χ2n) is 12.0. The Balaban J connectivity index is 1.13. The minimum absolute atomic E-state index is 0.0600. The lowest BCUT2D eigenvalue weighted by atomic mass is 9.99. The average Bonchev–Trinajstić information content (AvgIpc) is 3.68. The van der Waals surface area contributed by atoms with Crippen molar-refractivity contribution in [1.82, 2.24) is 19.5 Å². The number of anilines is 1. The number of hydrogen-bond donors (Lipinski definition) is 1. The molecule has 45 heavy (non-hydrogen) atoms. The molecule has 1 saturated heterocycles. The Labute approximate surface area is 269 Å². The number of pyridine rings is 1. The molecule has 7 rings (SSSR count). The average molecular weight is 653 g/mol. The van der Waals surface area contributed by atoms with Gasteiger partial charge in [0.1, 0.15) is 52.5 Å². The molecule has 1 N–H and O–H groups in total. The molecule has 2 aliphatic rings. The van der Waals surface area contributed by atoms with Crippen molar-refractivity contribution in [3.63, 3.8) is 0 Å². The minimum atomic E-state index is -0.769. The first-order valence-corrected chi connectivity index (χ1v) is 15.5. The van der Waals surface area contributed by atoms with E-state index in [0.29, 0.717) is 45.6 Å². The van der Waals surface area contributed by atoms with Crippen molar-refractivity contribution in [2.75, 3.05) is 12.4 Å². The number of halogens is 3. The number of nitrogens with zero attached hydrogens (tertiary/aromatic N) is 4. The summed E-state index contributed by atoms with van der Waals surface area (Å²) in [6.07, 6.45) is 3.30. The van der Waals surface area contributed by atoms with Crippen LogP contribution in [0.15, 0.2) is 61.1 Å². The molecule has 0 spiro atoms.